The Balaban J connectivity index is 2.23. The molecular formula is C11H7BrClN3O3. The Kier molecular flexibility index (Phi) is 3.87. The molecule has 0 atom stereocenters. The summed E-state index contributed by atoms with van der Waals surface area (Å²) < 4.78 is 0.693. The minimum Gasteiger partial charge on any atom is -0.477 e. The van der Waals surface area contributed by atoms with Crippen LogP contribution in [0.2, 0.25) is 5.02 Å². The lowest BCUT2D eigenvalue weighted by atomic mass is 10.2. The minimum absolute atomic E-state index is 0.188. The van der Waals surface area contributed by atoms with Gasteiger partial charge in [-0.15, -0.1) is 0 Å². The molecule has 0 saturated carbocycles. The molecule has 98 valence electrons. The van der Waals surface area contributed by atoms with Crippen molar-refractivity contribution in [2.75, 3.05) is 5.32 Å². The molecule has 0 aliphatic carbocycles. The second kappa shape index (κ2) is 5.41. The van der Waals surface area contributed by atoms with Crippen molar-refractivity contribution in [3.8, 4) is 0 Å². The highest BCUT2D eigenvalue weighted by Crippen LogP contribution is 2.25. The first kappa shape index (κ1) is 13.6. The van der Waals surface area contributed by atoms with Crippen LogP contribution in [0.3, 0.4) is 0 Å². The number of nitrogens with one attached hydrogen (secondary N) is 2. The number of carboxylic acids is 1. The van der Waals surface area contributed by atoms with Crippen molar-refractivity contribution in [1.29, 1.82) is 0 Å². The molecule has 0 radical (unpaired) electrons. The quantitative estimate of drug-likeness (QED) is 0.798. The molecule has 0 saturated heterocycles. The number of imidazole rings is 1. The van der Waals surface area contributed by atoms with Gasteiger partial charge in [0.1, 0.15) is 0 Å². The molecule has 0 aliphatic heterocycles. The number of hydrogen-bond acceptors (Lipinski definition) is 3. The van der Waals surface area contributed by atoms with Gasteiger partial charge in [-0.25, -0.2) is 9.78 Å². The summed E-state index contributed by atoms with van der Waals surface area (Å²) in [6.07, 6.45) is 1.15. The molecule has 1 aromatic carbocycles. The first-order chi connectivity index (χ1) is 8.99. The zero-order valence-corrected chi connectivity index (χ0v) is 11.6. The maximum absolute atomic E-state index is 11.9. The second-order valence-electron chi connectivity index (χ2n) is 3.51. The van der Waals surface area contributed by atoms with Gasteiger partial charge in [0.15, 0.2) is 11.4 Å². The van der Waals surface area contributed by atoms with Crippen molar-refractivity contribution in [2.24, 2.45) is 0 Å². The van der Waals surface area contributed by atoms with Gasteiger partial charge >= 0.3 is 5.97 Å². The minimum atomic E-state index is -1.25. The number of anilines is 1. The number of H-pyrrole nitrogens is 1. The summed E-state index contributed by atoms with van der Waals surface area (Å²) in [5, 5.41) is 11.8. The average Bonchev–Trinajstić information content (AvgIpc) is 2.83. The van der Waals surface area contributed by atoms with Crippen LogP contribution in [0.1, 0.15) is 21.0 Å². The third-order valence-corrected chi connectivity index (χ3v) is 3.48. The van der Waals surface area contributed by atoms with Gasteiger partial charge in [-0.2, -0.15) is 0 Å². The molecule has 1 amide bonds. The first-order valence-corrected chi connectivity index (χ1v) is 6.19. The number of aromatic carboxylic acids is 1. The first-order valence-electron chi connectivity index (χ1n) is 5.02. The SMILES string of the molecule is O=C(Nc1ccc(Br)c(Cl)c1)c1nc[nH]c1C(=O)O. The predicted molar refractivity (Wildman–Crippen MR) is 72.7 cm³/mol. The van der Waals surface area contributed by atoms with E-state index in [1.54, 1.807) is 12.1 Å². The summed E-state index contributed by atoms with van der Waals surface area (Å²) >= 11 is 9.12. The van der Waals surface area contributed by atoms with Gasteiger partial charge in [-0.1, -0.05) is 11.6 Å². The summed E-state index contributed by atoms with van der Waals surface area (Å²) in [4.78, 5) is 28.8. The number of hydrogen-bond donors (Lipinski definition) is 3. The van der Waals surface area contributed by atoms with Gasteiger partial charge < -0.3 is 15.4 Å². The van der Waals surface area contributed by atoms with E-state index < -0.39 is 11.9 Å². The number of benzene rings is 1. The number of aromatic amines is 1. The van der Waals surface area contributed by atoms with Crippen LogP contribution in [0.5, 0.6) is 0 Å². The summed E-state index contributed by atoms with van der Waals surface area (Å²) in [7, 11) is 0. The molecule has 0 bridgehead atoms. The molecule has 6 nitrogen and oxygen atoms in total. The Morgan fingerprint density at radius 1 is 1.42 bits per heavy atom. The topological polar surface area (TPSA) is 95.1 Å². The lowest BCUT2D eigenvalue weighted by Crippen LogP contribution is -2.16. The van der Waals surface area contributed by atoms with Gasteiger partial charge in [0.25, 0.3) is 5.91 Å². The molecule has 0 fully saturated rings. The Morgan fingerprint density at radius 3 is 2.79 bits per heavy atom. The molecule has 1 aromatic heterocycles. The largest absolute Gasteiger partial charge is 0.477 e. The van der Waals surface area contributed by atoms with Crippen LogP contribution in [0.4, 0.5) is 5.69 Å². The van der Waals surface area contributed by atoms with Crippen molar-refractivity contribution >= 4 is 45.1 Å². The van der Waals surface area contributed by atoms with E-state index in [1.807, 2.05) is 0 Å². The molecule has 2 rings (SSSR count). The number of nitrogens with zero attached hydrogens (tertiary/aromatic N) is 1. The van der Waals surface area contributed by atoms with Gasteiger partial charge in [0.05, 0.1) is 11.3 Å². The van der Waals surface area contributed by atoms with E-state index in [2.05, 4.69) is 31.2 Å². The fourth-order valence-electron chi connectivity index (χ4n) is 1.39. The summed E-state index contributed by atoms with van der Waals surface area (Å²) in [5.41, 5.74) is -0.00946. The molecule has 1 heterocycles. The lowest BCUT2D eigenvalue weighted by molar-refractivity contribution is 0.0686. The normalized spacial score (nSPS) is 10.2. The number of carbonyl (C=O) groups excluding carboxylic acids is 1. The number of rotatable bonds is 3. The van der Waals surface area contributed by atoms with Crippen LogP contribution in [-0.4, -0.2) is 27.0 Å². The summed E-state index contributed by atoms with van der Waals surface area (Å²) in [6.45, 7) is 0. The fraction of sp³-hybridized carbons (Fsp3) is 0. The van der Waals surface area contributed by atoms with Gasteiger partial charge in [-0.3, -0.25) is 4.79 Å². The summed E-state index contributed by atoms with van der Waals surface area (Å²) in [6, 6.07) is 4.83. The van der Waals surface area contributed by atoms with Crippen LogP contribution in [0, 0.1) is 0 Å². The number of carbonyl (C=O) groups is 2. The Labute approximate surface area is 120 Å². The van der Waals surface area contributed by atoms with Gasteiger partial charge in [0.2, 0.25) is 0 Å². The zero-order valence-electron chi connectivity index (χ0n) is 9.28. The van der Waals surface area contributed by atoms with Crippen LogP contribution in [0.15, 0.2) is 29.0 Å². The Hall–Kier alpha value is -1.86. The van der Waals surface area contributed by atoms with E-state index >= 15 is 0 Å². The van der Waals surface area contributed by atoms with Crippen LogP contribution < -0.4 is 5.32 Å². The molecule has 2 aromatic rings. The van der Waals surface area contributed by atoms with E-state index in [4.69, 9.17) is 16.7 Å². The Morgan fingerprint density at radius 2 is 2.16 bits per heavy atom. The molecule has 8 heteroatoms. The maximum Gasteiger partial charge on any atom is 0.354 e. The lowest BCUT2D eigenvalue weighted by Gasteiger charge is -2.05. The van der Waals surface area contributed by atoms with Crippen LogP contribution in [-0.2, 0) is 0 Å². The van der Waals surface area contributed by atoms with E-state index in [1.165, 1.54) is 6.07 Å². The van der Waals surface area contributed by atoms with Crippen molar-refractivity contribution in [2.45, 2.75) is 0 Å². The molecule has 3 N–H and O–H groups in total. The highest BCUT2D eigenvalue weighted by atomic mass is 79.9. The number of halogens is 2. The van der Waals surface area contributed by atoms with Gasteiger partial charge in [-0.05, 0) is 34.1 Å². The number of aromatic nitrogens is 2. The monoisotopic (exact) mass is 343 g/mol. The van der Waals surface area contributed by atoms with Crippen LogP contribution in [0.25, 0.3) is 0 Å². The third-order valence-electron chi connectivity index (χ3n) is 2.25. The smallest absolute Gasteiger partial charge is 0.354 e. The molecule has 0 unspecified atom stereocenters. The molecule has 0 spiro atoms. The van der Waals surface area contributed by atoms with E-state index in [0.717, 1.165) is 6.33 Å². The fourth-order valence-corrected chi connectivity index (χ4v) is 1.82. The zero-order chi connectivity index (χ0) is 14.0. The Bertz CT molecular complexity index is 656. The third kappa shape index (κ3) is 2.94. The highest BCUT2D eigenvalue weighted by molar-refractivity contribution is 9.10. The molecule has 19 heavy (non-hydrogen) atoms. The predicted octanol–water partition coefficient (Wildman–Crippen LogP) is 2.78. The molecule has 0 aliphatic rings. The number of amides is 1. The van der Waals surface area contributed by atoms with E-state index in [9.17, 15) is 9.59 Å². The van der Waals surface area contributed by atoms with Crippen LogP contribution >= 0.6 is 27.5 Å². The van der Waals surface area contributed by atoms with Crippen molar-refractivity contribution < 1.29 is 14.7 Å². The highest BCUT2D eigenvalue weighted by Gasteiger charge is 2.19. The summed E-state index contributed by atoms with van der Waals surface area (Å²) in [5.74, 6) is -1.88. The van der Waals surface area contributed by atoms with Crippen molar-refractivity contribution in [3.63, 3.8) is 0 Å². The van der Waals surface area contributed by atoms with Crippen molar-refractivity contribution in [3.05, 3.63) is 45.4 Å². The number of carboxylic acid groups (broad SMARTS) is 1. The van der Waals surface area contributed by atoms with E-state index in [-0.39, 0.29) is 11.4 Å². The van der Waals surface area contributed by atoms with E-state index in [0.29, 0.717) is 15.2 Å². The standard InChI is InChI=1S/C11H7BrClN3O3/c12-6-2-1-5(3-7(6)13)16-10(17)8-9(11(18)19)15-4-14-8/h1-4H,(H,14,15)(H,16,17)(H,18,19). The average molecular weight is 345 g/mol. The second-order valence-corrected chi connectivity index (χ2v) is 4.78. The molecular weight excluding hydrogens is 337 g/mol. The van der Waals surface area contributed by atoms with Crippen molar-refractivity contribution in [1.82, 2.24) is 9.97 Å². The maximum atomic E-state index is 11.9. The van der Waals surface area contributed by atoms with Gasteiger partial charge in [0, 0.05) is 10.2 Å².